The number of piperidine rings is 1. The summed E-state index contributed by atoms with van der Waals surface area (Å²) in [5.41, 5.74) is 2.04. The Labute approximate surface area is 178 Å². The number of carbonyl (C=O) groups excluding carboxylic acids is 1. The molecule has 7 heteroatoms. The summed E-state index contributed by atoms with van der Waals surface area (Å²) in [4.78, 5) is 38.6. The number of likely N-dealkylation sites (tertiary alicyclic amines) is 1. The van der Waals surface area contributed by atoms with E-state index >= 15 is 0 Å². The minimum absolute atomic E-state index is 0.0319. The van der Waals surface area contributed by atoms with Gasteiger partial charge < -0.3 is 18.6 Å². The van der Waals surface area contributed by atoms with Crippen LogP contribution in [0.15, 0.2) is 56.5 Å². The highest BCUT2D eigenvalue weighted by atomic mass is 16.5. The predicted octanol–water partition coefficient (Wildman–Crippen LogP) is 2.54. The first-order valence-corrected chi connectivity index (χ1v) is 10.7. The Hall–Kier alpha value is -3.35. The van der Waals surface area contributed by atoms with Gasteiger partial charge in [0.15, 0.2) is 6.61 Å². The first-order valence-electron chi connectivity index (χ1n) is 10.7. The number of amides is 1. The molecule has 160 valence electrons. The van der Waals surface area contributed by atoms with Crippen LogP contribution in [0.3, 0.4) is 0 Å². The molecule has 2 aliphatic heterocycles. The maximum Gasteiger partial charge on any atom is 0.336 e. The van der Waals surface area contributed by atoms with Gasteiger partial charge in [0.25, 0.3) is 11.5 Å². The van der Waals surface area contributed by atoms with Crippen molar-refractivity contribution in [3.05, 3.63) is 74.5 Å². The van der Waals surface area contributed by atoms with Crippen LogP contribution in [0.2, 0.25) is 0 Å². The van der Waals surface area contributed by atoms with Gasteiger partial charge in [-0.05, 0) is 42.5 Å². The predicted molar refractivity (Wildman–Crippen MR) is 115 cm³/mol. The minimum Gasteiger partial charge on any atom is -0.484 e. The van der Waals surface area contributed by atoms with Gasteiger partial charge in [-0.25, -0.2) is 4.79 Å². The average Bonchev–Trinajstić information content (AvgIpc) is 2.77. The van der Waals surface area contributed by atoms with Crippen molar-refractivity contribution in [3.8, 4) is 5.75 Å². The summed E-state index contributed by atoms with van der Waals surface area (Å²) in [5.74, 6) is 0.863. The molecule has 3 aromatic rings. The molecule has 31 heavy (non-hydrogen) atoms. The smallest absolute Gasteiger partial charge is 0.336 e. The molecular weight excluding hydrogens is 396 g/mol. The van der Waals surface area contributed by atoms with Gasteiger partial charge in [-0.15, -0.1) is 0 Å². The van der Waals surface area contributed by atoms with Crippen molar-refractivity contribution < 1.29 is 13.9 Å². The number of benzene rings is 1. The van der Waals surface area contributed by atoms with Gasteiger partial charge in [-0.2, -0.15) is 0 Å². The molecule has 1 aromatic carbocycles. The third-order valence-corrected chi connectivity index (χ3v) is 6.38. The number of hydrogen-bond acceptors (Lipinski definition) is 5. The number of hydrogen-bond donors (Lipinski definition) is 0. The molecule has 1 fully saturated rings. The Kier molecular flexibility index (Phi) is 4.88. The molecule has 1 saturated heterocycles. The lowest BCUT2D eigenvalue weighted by atomic mass is 9.83. The fourth-order valence-corrected chi connectivity index (χ4v) is 4.93. The number of pyridine rings is 1. The van der Waals surface area contributed by atoms with E-state index in [0.717, 1.165) is 29.5 Å². The fraction of sp³-hybridized carbons (Fsp3) is 0.375. The number of rotatable bonds is 4. The standard InChI is InChI=1S/C24H24N2O5/c1-2-16-9-24(29)31-21-10-18(6-7-19(16)21)30-14-23(28)25-11-15-8-17(13-25)20-4-3-5-22(27)26(20)12-15/h3-7,9-10,15,17H,2,8,11-14H2,1H3/t15-,17-/m0/s1. The second kappa shape index (κ2) is 7.72. The van der Waals surface area contributed by atoms with E-state index < -0.39 is 5.63 Å². The quantitative estimate of drug-likeness (QED) is 0.606. The lowest BCUT2D eigenvalue weighted by Gasteiger charge is -2.42. The molecule has 0 radical (unpaired) electrons. The molecule has 5 rings (SSSR count). The van der Waals surface area contributed by atoms with Crippen molar-refractivity contribution >= 4 is 16.9 Å². The first-order chi connectivity index (χ1) is 15.0. The maximum atomic E-state index is 12.9. The summed E-state index contributed by atoms with van der Waals surface area (Å²) in [6, 6.07) is 12.2. The van der Waals surface area contributed by atoms with E-state index in [0.29, 0.717) is 31.0 Å². The second-order valence-electron chi connectivity index (χ2n) is 8.39. The van der Waals surface area contributed by atoms with Crippen LogP contribution in [0, 0.1) is 5.92 Å². The molecule has 0 saturated carbocycles. The first kappa shape index (κ1) is 19.6. The zero-order valence-electron chi connectivity index (χ0n) is 17.4. The topological polar surface area (TPSA) is 81.8 Å². The van der Waals surface area contributed by atoms with Gasteiger partial charge in [0, 0.05) is 54.8 Å². The summed E-state index contributed by atoms with van der Waals surface area (Å²) in [7, 11) is 0. The Morgan fingerprint density at radius 2 is 2.00 bits per heavy atom. The number of carbonyl (C=O) groups is 1. The Bertz CT molecular complexity index is 1270. The zero-order chi connectivity index (χ0) is 21.5. The highest BCUT2D eigenvalue weighted by molar-refractivity contribution is 5.82. The van der Waals surface area contributed by atoms with Gasteiger partial charge in [0.05, 0.1) is 0 Å². The lowest BCUT2D eigenvalue weighted by Crippen LogP contribution is -2.50. The van der Waals surface area contributed by atoms with Crippen molar-refractivity contribution in [2.45, 2.75) is 32.2 Å². The summed E-state index contributed by atoms with van der Waals surface area (Å²) >= 11 is 0. The van der Waals surface area contributed by atoms with Gasteiger partial charge in [-0.1, -0.05) is 13.0 Å². The molecule has 4 heterocycles. The summed E-state index contributed by atoms with van der Waals surface area (Å²) < 4.78 is 12.9. The molecule has 7 nitrogen and oxygen atoms in total. The highest BCUT2D eigenvalue weighted by Gasteiger charge is 2.36. The lowest BCUT2D eigenvalue weighted by molar-refractivity contribution is -0.136. The van der Waals surface area contributed by atoms with E-state index in [1.54, 1.807) is 24.3 Å². The molecule has 2 aliphatic rings. The van der Waals surface area contributed by atoms with E-state index in [4.69, 9.17) is 9.15 Å². The van der Waals surface area contributed by atoms with Crippen LogP contribution in [0.25, 0.3) is 11.0 Å². The van der Waals surface area contributed by atoms with Crippen molar-refractivity contribution in [1.29, 1.82) is 0 Å². The van der Waals surface area contributed by atoms with Crippen molar-refractivity contribution in [2.75, 3.05) is 19.7 Å². The summed E-state index contributed by atoms with van der Waals surface area (Å²) in [6.07, 6.45) is 1.73. The minimum atomic E-state index is -0.392. The second-order valence-corrected chi connectivity index (χ2v) is 8.39. The molecular formula is C24H24N2O5. The van der Waals surface area contributed by atoms with E-state index in [1.165, 1.54) is 6.07 Å². The van der Waals surface area contributed by atoms with Gasteiger partial charge in [0.2, 0.25) is 0 Å². The molecule has 0 aliphatic carbocycles. The van der Waals surface area contributed by atoms with E-state index in [-0.39, 0.29) is 29.9 Å². The number of aryl methyl sites for hydroxylation is 1. The number of nitrogens with zero attached hydrogens (tertiary/aromatic N) is 2. The maximum absolute atomic E-state index is 12.9. The highest BCUT2D eigenvalue weighted by Crippen LogP contribution is 2.35. The van der Waals surface area contributed by atoms with E-state index in [1.807, 2.05) is 28.5 Å². The largest absolute Gasteiger partial charge is 0.484 e. The molecule has 1 amide bonds. The van der Waals surface area contributed by atoms with Crippen LogP contribution in [0.4, 0.5) is 0 Å². The monoisotopic (exact) mass is 420 g/mol. The molecule has 2 bridgehead atoms. The van der Waals surface area contributed by atoms with Crippen LogP contribution in [-0.4, -0.2) is 35.1 Å². The number of ether oxygens (including phenoxy) is 1. The van der Waals surface area contributed by atoms with Crippen LogP contribution in [0.5, 0.6) is 5.75 Å². The zero-order valence-corrected chi connectivity index (χ0v) is 17.4. The van der Waals surface area contributed by atoms with Crippen LogP contribution in [0.1, 0.15) is 30.5 Å². The Morgan fingerprint density at radius 1 is 1.13 bits per heavy atom. The van der Waals surface area contributed by atoms with Crippen molar-refractivity contribution in [3.63, 3.8) is 0 Å². The molecule has 0 unspecified atom stereocenters. The molecule has 0 N–H and O–H groups in total. The SMILES string of the molecule is CCc1cc(=O)oc2cc(OCC(=O)N3C[C@@H]4C[C@@H](C3)c3cccc(=O)n3C4)ccc12. The third-order valence-electron chi connectivity index (χ3n) is 6.38. The average molecular weight is 420 g/mol. The third kappa shape index (κ3) is 3.65. The van der Waals surface area contributed by atoms with Crippen molar-refractivity contribution in [1.82, 2.24) is 9.47 Å². The Morgan fingerprint density at radius 3 is 2.84 bits per heavy atom. The van der Waals surface area contributed by atoms with Crippen LogP contribution >= 0.6 is 0 Å². The van der Waals surface area contributed by atoms with Crippen molar-refractivity contribution in [2.24, 2.45) is 5.92 Å². The van der Waals surface area contributed by atoms with E-state index in [2.05, 4.69) is 0 Å². The van der Waals surface area contributed by atoms with E-state index in [9.17, 15) is 14.4 Å². The van der Waals surface area contributed by atoms with Crippen LogP contribution in [-0.2, 0) is 17.8 Å². The molecule has 0 spiro atoms. The normalized spacial score (nSPS) is 19.8. The summed E-state index contributed by atoms with van der Waals surface area (Å²) in [6.45, 7) is 3.78. The van der Waals surface area contributed by atoms with Crippen LogP contribution < -0.4 is 15.9 Å². The van der Waals surface area contributed by atoms with Gasteiger partial charge in [-0.3, -0.25) is 9.59 Å². The number of fused-ring (bicyclic) bond motifs is 5. The molecule has 2 atom stereocenters. The van der Waals surface area contributed by atoms with Gasteiger partial charge in [0.1, 0.15) is 11.3 Å². The Balaban J connectivity index is 1.29. The molecule has 2 aromatic heterocycles. The fourth-order valence-electron chi connectivity index (χ4n) is 4.93. The summed E-state index contributed by atoms with van der Waals surface area (Å²) in [5, 5.41) is 0.874. The number of aromatic nitrogens is 1. The van der Waals surface area contributed by atoms with Gasteiger partial charge >= 0.3 is 5.63 Å².